The monoisotopic (exact) mass is 370 g/mol. The molecule has 1 aromatic carbocycles. The van der Waals surface area contributed by atoms with E-state index in [1.54, 1.807) is 0 Å². The minimum atomic E-state index is -0.697. The summed E-state index contributed by atoms with van der Waals surface area (Å²) in [5.41, 5.74) is 0.923. The van der Waals surface area contributed by atoms with Gasteiger partial charge in [-0.3, -0.25) is 15.0 Å². The van der Waals surface area contributed by atoms with Gasteiger partial charge < -0.3 is 10.6 Å². The van der Waals surface area contributed by atoms with Crippen molar-refractivity contribution in [2.45, 2.75) is 25.7 Å². The van der Waals surface area contributed by atoms with Gasteiger partial charge in [0.2, 0.25) is 5.91 Å². The van der Waals surface area contributed by atoms with Crippen molar-refractivity contribution in [1.29, 1.82) is 0 Å². The van der Waals surface area contributed by atoms with E-state index in [1.165, 1.54) is 16.2 Å². The van der Waals surface area contributed by atoms with E-state index in [9.17, 15) is 14.4 Å². The molecular weight excluding hydrogens is 352 g/mol. The van der Waals surface area contributed by atoms with Gasteiger partial charge in [-0.2, -0.15) is 0 Å². The molecule has 0 radical (unpaired) electrons. The van der Waals surface area contributed by atoms with Gasteiger partial charge in [0.25, 0.3) is 0 Å². The summed E-state index contributed by atoms with van der Waals surface area (Å²) in [6.07, 6.45) is -0.697. The van der Waals surface area contributed by atoms with Gasteiger partial charge in [0, 0.05) is 16.3 Å². The Hall–Kier alpha value is -2.87. The number of thiophene rings is 1. The van der Waals surface area contributed by atoms with E-state index in [4.69, 9.17) is 0 Å². The fraction of sp³-hybridized carbons (Fsp3) is 0.278. The topological polar surface area (TPSA) is 90.5 Å². The summed E-state index contributed by atoms with van der Waals surface area (Å²) in [4.78, 5) is 40.8. The number of carbonyl (C=O) groups is 3. The van der Waals surface area contributed by atoms with Crippen LogP contribution in [0.1, 0.15) is 21.4 Å². The Balaban J connectivity index is 1.68. The number of urea groups is 2. The maximum Gasteiger partial charge on any atom is 0.326 e. The number of benzene rings is 1. The lowest BCUT2D eigenvalue weighted by molar-refractivity contribution is -0.130. The van der Waals surface area contributed by atoms with Crippen molar-refractivity contribution in [1.82, 2.24) is 20.9 Å². The highest BCUT2D eigenvalue weighted by atomic mass is 32.1. The molecule has 8 heteroatoms. The highest BCUT2D eigenvalue weighted by molar-refractivity contribution is 7.12. The number of carbonyl (C=O) groups excluding carboxylic acids is 3. The largest absolute Gasteiger partial charge is 0.330 e. The molecule has 2 aromatic rings. The molecule has 3 N–H and O–H groups in total. The Bertz CT molecular complexity index is 866. The number of hydrogen-bond acceptors (Lipinski definition) is 4. The van der Waals surface area contributed by atoms with Crippen molar-refractivity contribution in [3.8, 4) is 0 Å². The Morgan fingerprint density at radius 1 is 1.04 bits per heavy atom. The lowest BCUT2D eigenvalue weighted by Gasteiger charge is -2.46. The zero-order chi connectivity index (χ0) is 18.3. The second-order valence-corrected chi connectivity index (χ2v) is 7.74. The number of hydrogen-bond donors (Lipinski definition) is 3. The minimum Gasteiger partial charge on any atom is -0.330 e. The molecule has 3 atom stereocenters. The average molecular weight is 370 g/mol. The summed E-state index contributed by atoms with van der Waals surface area (Å²) < 4.78 is 0. The number of amides is 5. The number of nitrogens with zero attached hydrogens (tertiary/aromatic N) is 1. The molecule has 0 spiro atoms. The van der Waals surface area contributed by atoms with Crippen LogP contribution in [-0.2, 0) is 11.3 Å². The van der Waals surface area contributed by atoms with Crippen molar-refractivity contribution in [2.75, 3.05) is 0 Å². The number of rotatable bonds is 3. The van der Waals surface area contributed by atoms with E-state index in [-0.39, 0.29) is 11.9 Å². The summed E-state index contributed by atoms with van der Waals surface area (Å²) in [6, 6.07) is 12.0. The smallest absolute Gasteiger partial charge is 0.326 e. The van der Waals surface area contributed by atoms with Crippen LogP contribution in [0.25, 0.3) is 0 Å². The third-order valence-corrected chi connectivity index (χ3v) is 5.74. The van der Waals surface area contributed by atoms with Gasteiger partial charge in [-0.05, 0) is 24.6 Å². The molecule has 2 aliphatic heterocycles. The van der Waals surface area contributed by atoms with Crippen molar-refractivity contribution in [2.24, 2.45) is 5.92 Å². The summed E-state index contributed by atoms with van der Waals surface area (Å²) in [5.74, 6) is -0.986. The third-order valence-electron chi connectivity index (χ3n) is 4.66. The standard InChI is InChI=1S/C18H18N4O3S/c1-10-7-8-12(26-10)14-13-15(20-17(24)19-14)22(18(25)21-16(13)23)9-11-5-3-2-4-6-11/h2-8,13-15H,9H2,1H3,(H2,19,20,24)(H,21,23,25). The zero-order valence-corrected chi connectivity index (χ0v) is 14.9. The molecule has 3 heterocycles. The molecular formula is C18H18N4O3S. The van der Waals surface area contributed by atoms with Crippen molar-refractivity contribution < 1.29 is 14.4 Å². The number of fused-ring (bicyclic) bond motifs is 1. The Morgan fingerprint density at radius 2 is 1.81 bits per heavy atom. The first kappa shape index (κ1) is 16.6. The van der Waals surface area contributed by atoms with Gasteiger partial charge >= 0.3 is 12.1 Å². The van der Waals surface area contributed by atoms with E-state index in [1.807, 2.05) is 49.4 Å². The third kappa shape index (κ3) is 2.92. The van der Waals surface area contributed by atoms with Gasteiger partial charge in [0.05, 0.1) is 6.04 Å². The van der Waals surface area contributed by atoms with Crippen LogP contribution in [0.5, 0.6) is 0 Å². The first-order valence-electron chi connectivity index (χ1n) is 8.31. The van der Waals surface area contributed by atoms with Crippen LogP contribution in [0.3, 0.4) is 0 Å². The molecule has 0 saturated carbocycles. The van der Waals surface area contributed by atoms with E-state index < -0.39 is 24.2 Å². The molecule has 2 aliphatic rings. The van der Waals surface area contributed by atoms with Gasteiger partial charge in [0.1, 0.15) is 12.1 Å². The first-order valence-corrected chi connectivity index (χ1v) is 9.13. The molecule has 26 heavy (non-hydrogen) atoms. The van der Waals surface area contributed by atoms with Crippen LogP contribution in [0.15, 0.2) is 42.5 Å². The summed E-state index contributed by atoms with van der Waals surface area (Å²) in [6.45, 7) is 2.28. The predicted octanol–water partition coefficient (Wildman–Crippen LogP) is 2.10. The van der Waals surface area contributed by atoms with Crippen LogP contribution < -0.4 is 16.0 Å². The molecule has 4 rings (SSSR count). The van der Waals surface area contributed by atoms with Gasteiger partial charge in [0.15, 0.2) is 0 Å². The van der Waals surface area contributed by atoms with Crippen molar-refractivity contribution in [3.05, 3.63) is 57.8 Å². The Labute approximate surface area is 154 Å². The fourth-order valence-corrected chi connectivity index (χ4v) is 4.43. The molecule has 2 saturated heterocycles. The van der Waals surface area contributed by atoms with Crippen LogP contribution in [-0.4, -0.2) is 29.0 Å². The van der Waals surface area contributed by atoms with Crippen LogP contribution in [0, 0.1) is 12.8 Å². The number of nitrogens with one attached hydrogen (secondary N) is 3. The highest BCUT2D eigenvalue weighted by Gasteiger charge is 2.50. The number of imide groups is 1. The molecule has 0 aliphatic carbocycles. The van der Waals surface area contributed by atoms with E-state index in [0.29, 0.717) is 6.54 Å². The fourth-order valence-electron chi connectivity index (χ4n) is 3.45. The van der Waals surface area contributed by atoms with Gasteiger partial charge in [-0.1, -0.05) is 30.3 Å². The van der Waals surface area contributed by atoms with Gasteiger partial charge in [-0.15, -0.1) is 11.3 Å². The first-order chi connectivity index (χ1) is 12.5. The maximum atomic E-state index is 12.6. The maximum absolute atomic E-state index is 12.6. The minimum absolute atomic E-state index is 0.303. The molecule has 5 amide bonds. The predicted molar refractivity (Wildman–Crippen MR) is 96.3 cm³/mol. The summed E-state index contributed by atoms with van der Waals surface area (Å²) in [5, 5.41) is 8.02. The zero-order valence-electron chi connectivity index (χ0n) is 14.1. The van der Waals surface area contributed by atoms with Crippen LogP contribution >= 0.6 is 11.3 Å². The van der Waals surface area contributed by atoms with E-state index >= 15 is 0 Å². The molecule has 3 unspecified atom stereocenters. The Kier molecular flexibility index (Phi) is 4.12. The van der Waals surface area contributed by atoms with E-state index in [0.717, 1.165) is 15.3 Å². The second kappa shape index (κ2) is 6.45. The van der Waals surface area contributed by atoms with Gasteiger partial charge in [-0.25, -0.2) is 9.59 Å². The van der Waals surface area contributed by atoms with Crippen LogP contribution in [0.2, 0.25) is 0 Å². The lowest BCUT2D eigenvalue weighted by atomic mass is 9.89. The SMILES string of the molecule is Cc1ccc(C2NC(=O)NC3C2C(=O)NC(=O)N3Cc2ccccc2)s1. The van der Waals surface area contributed by atoms with Crippen molar-refractivity contribution in [3.63, 3.8) is 0 Å². The highest BCUT2D eigenvalue weighted by Crippen LogP contribution is 2.35. The lowest BCUT2D eigenvalue weighted by Crippen LogP contribution is -2.71. The molecule has 134 valence electrons. The molecule has 2 fully saturated rings. The van der Waals surface area contributed by atoms with Crippen molar-refractivity contribution >= 4 is 29.3 Å². The average Bonchev–Trinajstić information content (AvgIpc) is 3.05. The molecule has 1 aromatic heterocycles. The Morgan fingerprint density at radius 3 is 2.50 bits per heavy atom. The van der Waals surface area contributed by atoms with Crippen LogP contribution in [0.4, 0.5) is 9.59 Å². The second-order valence-electron chi connectivity index (χ2n) is 6.42. The van der Waals surface area contributed by atoms with E-state index in [2.05, 4.69) is 16.0 Å². The normalized spacial score (nSPS) is 25.2. The molecule has 0 bridgehead atoms. The molecule has 7 nitrogen and oxygen atoms in total. The number of aryl methyl sites for hydroxylation is 1. The summed E-state index contributed by atoms with van der Waals surface area (Å²) in [7, 11) is 0. The summed E-state index contributed by atoms with van der Waals surface area (Å²) >= 11 is 1.53. The quantitative estimate of drug-likeness (QED) is 0.773.